The van der Waals surface area contributed by atoms with Gasteiger partial charge in [0.25, 0.3) is 0 Å². The molecule has 1 aliphatic heterocycles. The Morgan fingerprint density at radius 1 is 1.18 bits per heavy atom. The Balaban J connectivity index is 2.01. The maximum atomic E-state index is 12.5. The van der Waals surface area contributed by atoms with Crippen LogP contribution in [0.15, 0.2) is 24.3 Å². The fourth-order valence-corrected chi connectivity index (χ4v) is 2.83. The number of amides is 1. The third kappa shape index (κ3) is 3.78. The zero-order valence-electron chi connectivity index (χ0n) is 13.4. The summed E-state index contributed by atoms with van der Waals surface area (Å²) in [5.74, 6) is 0.384. The Kier molecular flexibility index (Phi) is 5.41. The number of methoxy groups -OCH3 is 2. The van der Waals surface area contributed by atoms with E-state index in [4.69, 9.17) is 9.47 Å². The molecule has 0 radical (unpaired) electrons. The lowest BCUT2D eigenvalue weighted by atomic mass is 9.93. The molecule has 0 spiro atoms. The fraction of sp³-hybridized carbons (Fsp3) is 0.529. The Labute approximate surface area is 131 Å². The minimum Gasteiger partial charge on any atom is -0.497 e. The number of nitrogens with zero attached hydrogens (tertiary/aromatic N) is 1. The van der Waals surface area contributed by atoms with E-state index >= 15 is 0 Å². The van der Waals surface area contributed by atoms with E-state index < -0.39 is 0 Å². The van der Waals surface area contributed by atoms with Gasteiger partial charge in [-0.2, -0.15) is 0 Å². The van der Waals surface area contributed by atoms with Crippen LogP contribution in [0.4, 0.5) is 0 Å². The summed E-state index contributed by atoms with van der Waals surface area (Å²) in [5, 5.41) is 0. The normalized spacial score (nSPS) is 21.3. The average Bonchev–Trinajstić information content (AvgIpc) is 2.55. The molecule has 0 aliphatic carbocycles. The molecule has 0 saturated carbocycles. The van der Waals surface area contributed by atoms with Crippen LogP contribution in [-0.2, 0) is 20.7 Å². The number of hydrogen-bond donors (Lipinski definition) is 0. The second kappa shape index (κ2) is 7.29. The molecule has 1 saturated heterocycles. The van der Waals surface area contributed by atoms with E-state index in [9.17, 15) is 9.59 Å². The predicted octanol–water partition coefficient (Wildman–Crippen LogP) is 2.04. The molecule has 5 heteroatoms. The second-order valence-electron chi connectivity index (χ2n) is 5.72. The van der Waals surface area contributed by atoms with Gasteiger partial charge in [-0.25, -0.2) is 0 Å². The Bertz CT molecular complexity index is 526. The summed E-state index contributed by atoms with van der Waals surface area (Å²) in [6.07, 6.45) is 1.94. The van der Waals surface area contributed by atoms with Crippen molar-refractivity contribution in [2.24, 2.45) is 5.92 Å². The summed E-state index contributed by atoms with van der Waals surface area (Å²) >= 11 is 0. The molecular weight excluding hydrogens is 282 g/mol. The lowest BCUT2D eigenvalue weighted by Crippen LogP contribution is -2.48. The van der Waals surface area contributed by atoms with Crippen molar-refractivity contribution in [2.75, 3.05) is 20.8 Å². The van der Waals surface area contributed by atoms with Crippen LogP contribution in [0.1, 0.15) is 25.3 Å². The SMILES string of the molecule is COC(=O)[C@H]1CC[C@@H](C)N(C(=O)Cc2ccc(OC)cc2)C1. The van der Waals surface area contributed by atoms with Crippen molar-refractivity contribution >= 4 is 11.9 Å². The van der Waals surface area contributed by atoms with E-state index in [1.165, 1.54) is 7.11 Å². The minimum atomic E-state index is -0.228. The maximum absolute atomic E-state index is 12.5. The highest BCUT2D eigenvalue weighted by atomic mass is 16.5. The molecule has 1 aliphatic rings. The van der Waals surface area contributed by atoms with Crippen molar-refractivity contribution in [3.63, 3.8) is 0 Å². The zero-order valence-corrected chi connectivity index (χ0v) is 13.4. The number of hydrogen-bond acceptors (Lipinski definition) is 4. The molecule has 0 N–H and O–H groups in total. The molecule has 1 heterocycles. The highest BCUT2D eigenvalue weighted by Gasteiger charge is 2.32. The predicted molar refractivity (Wildman–Crippen MR) is 82.6 cm³/mol. The second-order valence-corrected chi connectivity index (χ2v) is 5.72. The van der Waals surface area contributed by atoms with Crippen LogP contribution >= 0.6 is 0 Å². The maximum Gasteiger partial charge on any atom is 0.310 e. The lowest BCUT2D eigenvalue weighted by Gasteiger charge is -2.37. The molecule has 2 rings (SSSR count). The summed E-state index contributed by atoms with van der Waals surface area (Å²) in [5.41, 5.74) is 0.943. The molecule has 1 aromatic rings. The van der Waals surface area contributed by atoms with Gasteiger partial charge in [0.2, 0.25) is 5.91 Å². The fourth-order valence-electron chi connectivity index (χ4n) is 2.83. The van der Waals surface area contributed by atoms with Crippen LogP contribution in [0.5, 0.6) is 5.75 Å². The lowest BCUT2D eigenvalue weighted by molar-refractivity contribution is -0.150. The molecule has 5 nitrogen and oxygen atoms in total. The minimum absolute atomic E-state index is 0.0475. The Morgan fingerprint density at radius 2 is 1.86 bits per heavy atom. The molecule has 0 aromatic heterocycles. The van der Waals surface area contributed by atoms with E-state index in [-0.39, 0.29) is 23.8 Å². The van der Waals surface area contributed by atoms with Gasteiger partial charge in [-0.3, -0.25) is 9.59 Å². The smallest absolute Gasteiger partial charge is 0.310 e. The van der Waals surface area contributed by atoms with Gasteiger partial charge in [0.1, 0.15) is 5.75 Å². The third-order valence-corrected chi connectivity index (χ3v) is 4.25. The number of esters is 1. The zero-order chi connectivity index (χ0) is 16.1. The molecule has 0 unspecified atom stereocenters. The number of carbonyl (C=O) groups excluding carboxylic acids is 2. The van der Waals surface area contributed by atoms with Crippen molar-refractivity contribution in [3.05, 3.63) is 29.8 Å². The van der Waals surface area contributed by atoms with Crippen LogP contribution in [0.25, 0.3) is 0 Å². The van der Waals surface area contributed by atoms with Crippen molar-refractivity contribution in [3.8, 4) is 5.75 Å². The first-order valence-electron chi connectivity index (χ1n) is 7.55. The quantitative estimate of drug-likeness (QED) is 0.799. The summed E-state index contributed by atoms with van der Waals surface area (Å²) in [6.45, 7) is 2.47. The van der Waals surface area contributed by atoms with Crippen LogP contribution in [-0.4, -0.2) is 43.6 Å². The van der Waals surface area contributed by atoms with Crippen LogP contribution < -0.4 is 4.74 Å². The van der Waals surface area contributed by atoms with Gasteiger partial charge in [-0.1, -0.05) is 12.1 Å². The van der Waals surface area contributed by atoms with Gasteiger partial charge < -0.3 is 14.4 Å². The number of piperidine rings is 1. The van der Waals surface area contributed by atoms with Crippen molar-refractivity contribution < 1.29 is 19.1 Å². The molecular formula is C17H23NO4. The summed E-state index contributed by atoms with van der Waals surface area (Å²) in [7, 11) is 3.01. The Hall–Kier alpha value is -2.04. The first-order valence-corrected chi connectivity index (χ1v) is 7.55. The van der Waals surface area contributed by atoms with Gasteiger partial charge in [-0.05, 0) is 37.5 Å². The van der Waals surface area contributed by atoms with Crippen LogP contribution in [0, 0.1) is 5.92 Å². The van der Waals surface area contributed by atoms with Gasteiger partial charge in [0, 0.05) is 12.6 Å². The van der Waals surface area contributed by atoms with Crippen LogP contribution in [0.2, 0.25) is 0 Å². The highest BCUT2D eigenvalue weighted by molar-refractivity contribution is 5.80. The third-order valence-electron chi connectivity index (χ3n) is 4.25. The average molecular weight is 305 g/mol. The number of benzene rings is 1. The number of likely N-dealkylation sites (tertiary alicyclic amines) is 1. The first-order chi connectivity index (χ1) is 10.5. The largest absolute Gasteiger partial charge is 0.497 e. The standard InChI is InChI=1S/C17H23NO4/c1-12-4-7-14(17(20)22-3)11-18(12)16(19)10-13-5-8-15(21-2)9-6-13/h5-6,8-9,12,14H,4,7,10-11H2,1-3H3/t12-,14+/m1/s1. The van der Waals surface area contributed by atoms with Crippen molar-refractivity contribution in [1.82, 2.24) is 4.90 Å². The van der Waals surface area contributed by atoms with E-state index in [1.54, 1.807) is 12.0 Å². The first kappa shape index (κ1) is 16.3. The molecule has 1 fully saturated rings. The number of ether oxygens (including phenoxy) is 2. The monoisotopic (exact) mass is 305 g/mol. The summed E-state index contributed by atoms with van der Waals surface area (Å²) < 4.78 is 9.92. The van der Waals surface area contributed by atoms with Gasteiger partial charge >= 0.3 is 5.97 Å². The van der Waals surface area contributed by atoms with Gasteiger partial charge in [0.15, 0.2) is 0 Å². The molecule has 1 aromatic carbocycles. The molecule has 2 atom stereocenters. The van der Waals surface area contributed by atoms with Crippen molar-refractivity contribution in [1.29, 1.82) is 0 Å². The molecule has 120 valence electrons. The number of carbonyl (C=O) groups is 2. The van der Waals surface area contributed by atoms with E-state index in [0.29, 0.717) is 13.0 Å². The topological polar surface area (TPSA) is 55.8 Å². The highest BCUT2D eigenvalue weighted by Crippen LogP contribution is 2.24. The van der Waals surface area contributed by atoms with E-state index in [2.05, 4.69) is 0 Å². The van der Waals surface area contributed by atoms with Gasteiger partial charge in [0.05, 0.1) is 26.6 Å². The number of rotatable bonds is 4. The van der Waals surface area contributed by atoms with Gasteiger partial charge in [-0.15, -0.1) is 0 Å². The van der Waals surface area contributed by atoms with Crippen molar-refractivity contribution in [2.45, 2.75) is 32.2 Å². The summed E-state index contributed by atoms with van der Waals surface area (Å²) in [6, 6.07) is 7.64. The van der Waals surface area contributed by atoms with E-state index in [0.717, 1.165) is 24.2 Å². The molecule has 22 heavy (non-hydrogen) atoms. The molecule has 1 amide bonds. The van der Waals surface area contributed by atoms with Crippen LogP contribution in [0.3, 0.4) is 0 Å². The summed E-state index contributed by atoms with van der Waals surface area (Å²) in [4.78, 5) is 26.0. The van der Waals surface area contributed by atoms with E-state index in [1.807, 2.05) is 31.2 Å². The molecule has 0 bridgehead atoms. The Morgan fingerprint density at radius 3 is 2.45 bits per heavy atom.